The number of sulfonamides is 1. The van der Waals surface area contributed by atoms with Crippen LogP contribution in [0.3, 0.4) is 0 Å². The molecule has 2 N–H and O–H groups in total. The van der Waals surface area contributed by atoms with E-state index >= 15 is 0 Å². The maximum Gasteiger partial charge on any atom is 0.244 e. The second-order valence-electron chi connectivity index (χ2n) is 7.12. The van der Waals surface area contributed by atoms with Gasteiger partial charge in [0.15, 0.2) is 0 Å². The van der Waals surface area contributed by atoms with Gasteiger partial charge in [0.2, 0.25) is 10.0 Å². The molecule has 160 valence electrons. The molecule has 0 fully saturated rings. The molecule has 4 rings (SSSR count). The van der Waals surface area contributed by atoms with E-state index in [1.165, 1.54) is 20.3 Å². The van der Waals surface area contributed by atoms with Crippen LogP contribution < -0.4 is 14.2 Å². The number of rotatable bonds is 8. The highest BCUT2D eigenvalue weighted by Crippen LogP contribution is 2.32. The highest BCUT2D eigenvalue weighted by atomic mass is 32.2. The Morgan fingerprint density at radius 3 is 2.42 bits per heavy atom. The van der Waals surface area contributed by atoms with E-state index in [4.69, 9.17) is 9.47 Å². The van der Waals surface area contributed by atoms with Crippen molar-refractivity contribution in [3.05, 3.63) is 90.1 Å². The molecule has 0 aliphatic heterocycles. The zero-order chi connectivity index (χ0) is 21.8. The molecule has 1 heterocycles. The van der Waals surface area contributed by atoms with Crippen LogP contribution in [0.2, 0.25) is 0 Å². The number of nitrogens with one attached hydrogen (secondary N) is 2. The molecule has 0 unspecified atom stereocenters. The van der Waals surface area contributed by atoms with Gasteiger partial charge in [-0.1, -0.05) is 48.5 Å². The summed E-state index contributed by atoms with van der Waals surface area (Å²) in [6, 6.07) is 22.6. The summed E-state index contributed by atoms with van der Waals surface area (Å²) in [5.74, 6) is 0.526. The van der Waals surface area contributed by atoms with Crippen molar-refractivity contribution in [3.63, 3.8) is 0 Å². The van der Waals surface area contributed by atoms with Crippen LogP contribution in [0.4, 0.5) is 0 Å². The molecule has 1 aromatic heterocycles. The van der Waals surface area contributed by atoms with Crippen LogP contribution in [0.5, 0.6) is 11.5 Å². The maximum absolute atomic E-state index is 13.2. The van der Waals surface area contributed by atoms with Crippen molar-refractivity contribution in [2.45, 2.75) is 10.8 Å². The molecule has 0 saturated carbocycles. The molecule has 7 heteroatoms. The van der Waals surface area contributed by atoms with Crippen molar-refractivity contribution in [3.8, 4) is 11.5 Å². The Balaban J connectivity index is 1.70. The van der Waals surface area contributed by atoms with Crippen LogP contribution in [0.15, 0.2) is 83.9 Å². The number of aromatic amines is 1. The monoisotopic (exact) mass is 436 g/mol. The predicted molar refractivity (Wildman–Crippen MR) is 121 cm³/mol. The highest BCUT2D eigenvalue weighted by molar-refractivity contribution is 7.89. The summed E-state index contributed by atoms with van der Waals surface area (Å²) in [7, 11) is -0.910. The number of para-hydroxylation sites is 1. The van der Waals surface area contributed by atoms with Crippen LogP contribution in [0.25, 0.3) is 10.9 Å². The smallest absolute Gasteiger partial charge is 0.244 e. The van der Waals surface area contributed by atoms with E-state index in [2.05, 4.69) is 9.71 Å². The topological polar surface area (TPSA) is 80.4 Å². The average Bonchev–Trinajstić information content (AvgIpc) is 3.23. The minimum absolute atomic E-state index is 0.0417. The zero-order valence-electron chi connectivity index (χ0n) is 17.3. The molecule has 0 saturated heterocycles. The molecule has 0 bridgehead atoms. The molecular weight excluding hydrogens is 412 g/mol. The molecule has 6 nitrogen and oxygen atoms in total. The Labute approximate surface area is 181 Å². The van der Waals surface area contributed by atoms with Gasteiger partial charge < -0.3 is 14.5 Å². The molecule has 0 radical (unpaired) electrons. The zero-order valence-corrected chi connectivity index (χ0v) is 18.1. The number of fused-ring (bicyclic) bond motifs is 1. The molecule has 0 aliphatic carbocycles. The lowest BCUT2D eigenvalue weighted by Crippen LogP contribution is -2.29. The van der Waals surface area contributed by atoms with Crippen molar-refractivity contribution in [1.29, 1.82) is 0 Å². The summed E-state index contributed by atoms with van der Waals surface area (Å²) >= 11 is 0. The molecule has 0 spiro atoms. The lowest BCUT2D eigenvalue weighted by molar-refractivity contribution is 0.392. The SMILES string of the molecule is COc1ccc(OC)c(S(=O)(=O)NC[C@@H](c2ccccc2)c2c[nH]c3ccccc23)c1. The largest absolute Gasteiger partial charge is 0.497 e. The predicted octanol–water partition coefficient (Wildman–Crippen LogP) is 4.30. The van der Waals surface area contributed by atoms with Gasteiger partial charge in [0.05, 0.1) is 14.2 Å². The third kappa shape index (κ3) is 4.28. The Morgan fingerprint density at radius 2 is 1.68 bits per heavy atom. The second-order valence-corrected chi connectivity index (χ2v) is 8.86. The highest BCUT2D eigenvalue weighted by Gasteiger charge is 2.24. The minimum atomic E-state index is -3.85. The molecule has 31 heavy (non-hydrogen) atoms. The van der Waals surface area contributed by atoms with Gasteiger partial charge in [0.1, 0.15) is 16.4 Å². The minimum Gasteiger partial charge on any atom is -0.497 e. The van der Waals surface area contributed by atoms with Gasteiger partial charge in [-0.3, -0.25) is 0 Å². The van der Waals surface area contributed by atoms with E-state index < -0.39 is 10.0 Å². The quantitative estimate of drug-likeness (QED) is 0.432. The summed E-state index contributed by atoms with van der Waals surface area (Å²) in [5.41, 5.74) is 3.06. The molecule has 4 aromatic rings. The molecule has 3 aromatic carbocycles. The number of hydrogen-bond acceptors (Lipinski definition) is 4. The van der Waals surface area contributed by atoms with E-state index in [9.17, 15) is 8.42 Å². The van der Waals surface area contributed by atoms with Crippen LogP contribution in [0, 0.1) is 0 Å². The Hall–Kier alpha value is -3.29. The number of benzene rings is 3. The van der Waals surface area contributed by atoms with Crippen molar-refractivity contribution in [2.75, 3.05) is 20.8 Å². The molecule has 0 aliphatic rings. The first-order valence-corrected chi connectivity index (χ1v) is 11.3. The number of methoxy groups -OCH3 is 2. The first-order valence-electron chi connectivity index (χ1n) is 9.86. The van der Waals surface area contributed by atoms with E-state index in [1.807, 2.05) is 60.8 Å². The van der Waals surface area contributed by atoms with Gasteiger partial charge in [-0.2, -0.15) is 0 Å². The molecular formula is C24H24N2O4S. The normalized spacial score (nSPS) is 12.6. The summed E-state index contributed by atoms with van der Waals surface area (Å²) in [6.07, 6.45) is 1.95. The van der Waals surface area contributed by atoms with Crippen molar-refractivity contribution in [1.82, 2.24) is 9.71 Å². The summed E-state index contributed by atoms with van der Waals surface area (Å²) < 4.78 is 39.6. The third-order valence-corrected chi connectivity index (χ3v) is 6.78. The third-order valence-electron chi connectivity index (χ3n) is 5.34. The fourth-order valence-electron chi connectivity index (χ4n) is 3.74. The summed E-state index contributed by atoms with van der Waals surface area (Å²) in [5, 5.41) is 1.06. The molecule has 1 atom stereocenters. The fourth-order valence-corrected chi connectivity index (χ4v) is 4.97. The van der Waals surface area contributed by atoms with Gasteiger partial charge in [0, 0.05) is 35.6 Å². The fraction of sp³-hybridized carbons (Fsp3) is 0.167. The van der Waals surface area contributed by atoms with E-state index in [1.54, 1.807) is 12.1 Å². The van der Waals surface area contributed by atoms with Crippen molar-refractivity contribution < 1.29 is 17.9 Å². The molecule has 0 amide bonds. The van der Waals surface area contributed by atoms with Crippen molar-refractivity contribution in [2.24, 2.45) is 0 Å². The maximum atomic E-state index is 13.2. The average molecular weight is 437 g/mol. The van der Waals surface area contributed by atoms with Gasteiger partial charge in [-0.05, 0) is 29.3 Å². The summed E-state index contributed by atoms with van der Waals surface area (Å²) in [6.45, 7) is 0.189. The number of aromatic nitrogens is 1. The lowest BCUT2D eigenvalue weighted by atomic mass is 9.91. The Bertz CT molecular complexity index is 1280. The van der Waals surface area contributed by atoms with Crippen molar-refractivity contribution >= 4 is 20.9 Å². The van der Waals surface area contributed by atoms with E-state index in [0.717, 1.165) is 22.0 Å². The van der Waals surface area contributed by atoms with Crippen LogP contribution in [0.1, 0.15) is 17.0 Å². The van der Waals surface area contributed by atoms with Gasteiger partial charge in [-0.25, -0.2) is 13.1 Å². The van der Waals surface area contributed by atoms with E-state index in [-0.39, 0.29) is 23.1 Å². The number of hydrogen-bond donors (Lipinski definition) is 2. The second kappa shape index (κ2) is 8.83. The van der Waals surface area contributed by atoms with E-state index in [0.29, 0.717) is 5.75 Å². The van der Waals surface area contributed by atoms with Gasteiger partial charge >= 0.3 is 0 Å². The first kappa shape index (κ1) is 21.0. The lowest BCUT2D eigenvalue weighted by Gasteiger charge is -2.19. The van der Waals surface area contributed by atoms with Crippen LogP contribution >= 0.6 is 0 Å². The van der Waals surface area contributed by atoms with Gasteiger partial charge in [-0.15, -0.1) is 0 Å². The summed E-state index contributed by atoms with van der Waals surface area (Å²) in [4.78, 5) is 3.33. The first-order chi connectivity index (χ1) is 15.0. The Morgan fingerprint density at radius 1 is 0.935 bits per heavy atom. The Kier molecular flexibility index (Phi) is 5.97. The number of ether oxygens (including phenoxy) is 2. The van der Waals surface area contributed by atoms with Crippen LogP contribution in [-0.4, -0.2) is 34.2 Å². The van der Waals surface area contributed by atoms with Gasteiger partial charge in [0.25, 0.3) is 0 Å². The van der Waals surface area contributed by atoms with Crippen LogP contribution in [-0.2, 0) is 10.0 Å². The number of H-pyrrole nitrogens is 1. The standard InChI is InChI=1S/C24H24N2O4S/c1-29-18-12-13-23(30-2)24(14-18)31(27,28)26-16-20(17-8-4-3-5-9-17)21-15-25-22-11-7-6-10-19(21)22/h3-15,20,25-26H,16H2,1-2H3/t20-/m0/s1.